The number of benzene rings is 2. The molecule has 2 N–H and O–H groups in total. The second kappa shape index (κ2) is 17.0. The van der Waals surface area contributed by atoms with Gasteiger partial charge in [0, 0.05) is 12.8 Å². The number of para-hydroxylation sites is 1. The first-order chi connectivity index (χ1) is 19.4. The van der Waals surface area contributed by atoms with E-state index < -0.39 is 36.2 Å². The number of hydrogen-bond acceptors (Lipinski definition) is 10. The normalized spacial score (nSPS) is 12.4. The van der Waals surface area contributed by atoms with E-state index in [1.807, 2.05) is 27.7 Å². The molecular formula is C31H41NO9. The Labute approximate surface area is 241 Å². The van der Waals surface area contributed by atoms with Crippen molar-refractivity contribution < 1.29 is 42.9 Å². The van der Waals surface area contributed by atoms with Gasteiger partial charge in [-0.3, -0.25) is 14.4 Å². The van der Waals surface area contributed by atoms with Crippen LogP contribution < -0.4 is 19.9 Å². The van der Waals surface area contributed by atoms with Crippen molar-refractivity contribution in [1.29, 1.82) is 0 Å². The highest BCUT2D eigenvalue weighted by molar-refractivity contribution is 5.77. The monoisotopic (exact) mass is 571 g/mol. The lowest BCUT2D eigenvalue weighted by Crippen LogP contribution is -2.37. The van der Waals surface area contributed by atoms with Crippen molar-refractivity contribution in [2.45, 2.75) is 78.9 Å². The van der Waals surface area contributed by atoms with Crippen molar-refractivity contribution in [3.63, 3.8) is 0 Å². The number of carbonyl (C=O) groups is 4. The van der Waals surface area contributed by atoms with Crippen LogP contribution in [0.4, 0.5) is 4.79 Å². The zero-order valence-corrected chi connectivity index (χ0v) is 24.4. The minimum Gasteiger partial charge on any atom is -0.458 e. The Hall–Kier alpha value is -3.92. The van der Waals surface area contributed by atoms with Gasteiger partial charge >= 0.3 is 24.1 Å². The van der Waals surface area contributed by atoms with Crippen LogP contribution in [0.15, 0.2) is 48.5 Å². The summed E-state index contributed by atoms with van der Waals surface area (Å²) in [7, 11) is 0. The highest BCUT2D eigenvalue weighted by Gasteiger charge is 2.22. The molecule has 2 aromatic carbocycles. The van der Waals surface area contributed by atoms with Crippen LogP contribution in [0.25, 0.3) is 0 Å². The predicted molar refractivity (Wildman–Crippen MR) is 152 cm³/mol. The third kappa shape index (κ3) is 13.3. The average Bonchev–Trinajstić information content (AvgIpc) is 2.91. The van der Waals surface area contributed by atoms with Gasteiger partial charge in [0.2, 0.25) is 0 Å². The highest BCUT2D eigenvalue weighted by Crippen LogP contribution is 2.30. The van der Waals surface area contributed by atoms with E-state index in [0.717, 1.165) is 0 Å². The van der Waals surface area contributed by atoms with Gasteiger partial charge in [-0.1, -0.05) is 52.0 Å². The molecule has 0 aliphatic heterocycles. The van der Waals surface area contributed by atoms with E-state index in [1.165, 1.54) is 12.1 Å². The van der Waals surface area contributed by atoms with Gasteiger partial charge < -0.3 is 29.4 Å². The van der Waals surface area contributed by atoms with Crippen LogP contribution in [0.2, 0.25) is 0 Å². The van der Waals surface area contributed by atoms with Crippen molar-refractivity contribution in [3.05, 3.63) is 54.1 Å². The fraction of sp³-hybridized carbons (Fsp3) is 0.484. The number of nitrogens with two attached hydrogens (primary N) is 1. The lowest BCUT2D eigenvalue weighted by molar-refractivity contribution is -0.151. The Morgan fingerprint density at radius 2 is 1.34 bits per heavy atom. The molecule has 0 saturated carbocycles. The molecule has 0 radical (unpaired) electrons. The second-order valence-corrected chi connectivity index (χ2v) is 10.6. The number of esters is 3. The SMILES string of the molecule is CC(C)CCC(=O)Oc1ccc(C[C@H](N)C(=O)O[C@@H](C)COC(=O)Oc2ccccc2)cc1OC(=O)CCC(C)C. The number of hydrogen-bond donors (Lipinski definition) is 1. The molecule has 41 heavy (non-hydrogen) atoms. The van der Waals surface area contributed by atoms with E-state index >= 15 is 0 Å². The summed E-state index contributed by atoms with van der Waals surface area (Å²) in [4.78, 5) is 49.2. The summed E-state index contributed by atoms with van der Waals surface area (Å²) in [6.07, 6.45) is 0.0851. The lowest BCUT2D eigenvalue weighted by Gasteiger charge is -2.18. The van der Waals surface area contributed by atoms with Crippen LogP contribution in [0.3, 0.4) is 0 Å². The quantitative estimate of drug-likeness (QED) is 0.168. The van der Waals surface area contributed by atoms with Gasteiger partial charge in [-0.25, -0.2) is 4.79 Å². The molecule has 0 aliphatic carbocycles. The smallest absolute Gasteiger partial charge is 0.458 e. The molecule has 2 aromatic rings. The Kier molecular flexibility index (Phi) is 13.8. The number of rotatable bonds is 15. The minimum atomic E-state index is -1.06. The predicted octanol–water partition coefficient (Wildman–Crippen LogP) is 5.39. The lowest BCUT2D eigenvalue weighted by atomic mass is 10.1. The van der Waals surface area contributed by atoms with Crippen molar-refractivity contribution in [2.75, 3.05) is 6.61 Å². The summed E-state index contributed by atoms with van der Waals surface area (Å²) in [5.74, 6) is -0.444. The Balaban J connectivity index is 1.98. The average molecular weight is 572 g/mol. The molecule has 0 bridgehead atoms. The Morgan fingerprint density at radius 1 is 0.756 bits per heavy atom. The number of carbonyl (C=O) groups excluding carboxylic acids is 4. The molecule has 2 rings (SSSR count). The van der Waals surface area contributed by atoms with Crippen LogP contribution in [-0.2, 0) is 30.3 Å². The Bertz CT molecular complexity index is 1150. The third-order valence-electron chi connectivity index (χ3n) is 5.76. The maximum atomic E-state index is 12.6. The van der Waals surface area contributed by atoms with Gasteiger partial charge in [-0.05, 0) is 67.9 Å². The van der Waals surface area contributed by atoms with Gasteiger partial charge in [-0.2, -0.15) is 0 Å². The van der Waals surface area contributed by atoms with E-state index in [4.69, 9.17) is 29.4 Å². The summed E-state index contributed by atoms with van der Waals surface area (Å²) in [6, 6.07) is 12.0. The zero-order chi connectivity index (χ0) is 30.4. The topological polar surface area (TPSA) is 140 Å². The molecule has 0 unspecified atom stereocenters. The van der Waals surface area contributed by atoms with E-state index in [1.54, 1.807) is 43.3 Å². The van der Waals surface area contributed by atoms with Crippen LogP contribution in [0.1, 0.15) is 65.9 Å². The van der Waals surface area contributed by atoms with E-state index in [9.17, 15) is 19.2 Å². The minimum absolute atomic E-state index is 0.0561. The number of ether oxygens (including phenoxy) is 5. The van der Waals surface area contributed by atoms with Gasteiger partial charge in [0.15, 0.2) is 11.5 Å². The van der Waals surface area contributed by atoms with Crippen LogP contribution in [0.5, 0.6) is 17.2 Å². The molecule has 224 valence electrons. The molecule has 0 fully saturated rings. The van der Waals surface area contributed by atoms with Crippen molar-refractivity contribution in [1.82, 2.24) is 0 Å². The fourth-order valence-corrected chi connectivity index (χ4v) is 3.46. The summed E-state index contributed by atoms with van der Waals surface area (Å²) >= 11 is 0. The summed E-state index contributed by atoms with van der Waals surface area (Å²) in [5.41, 5.74) is 6.64. The van der Waals surface area contributed by atoms with E-state index in [2.05, 4.69) is 0 Å². The Morgan fingerprint density at radius 3 is 1.93 bits per heavy atom. The molecule has 0 spiro atoms. The zero-order valence-electron chi connectivity index (χ0n) is 24.4. The van der Waals surface area contributed by atoms with Crippen LogP contribution >= 0.6 is 0 Å². The first-order valence-electron chi connectivity index (χ1n) is 13.8. The maximum absolute atomic E-state index is 12.6. The van der Waals surface area contributed by atoms with Crippen molar-refractivity contribution >= 4 is 24.1 Å². The van der Waals surface area contributed by atoms with Gasteiger partial charge in [0.1, 0.15) is 24.5 Å². The first kappa shape index (κ1) is 33.3. The van der Waals surface area contributed by atoms with E-state index in [0.29, 0.717) is 36.0 Å². The fourth-order valence-electron chi connectivity index (χ4n) is 3.46. The van der Waals surface area contributed by atoms with E-state index in [-0.39, 0.29) is 37.4 Å². The highest BCUT2D eigenvalue weighted by atomic mass is 16.7. The van der Waals surface area contributed by atoms with Crippen LogP contribution in [0, 0.1) is 11.8 Å². The summed E-state index contributed by atoms with van der Waals surface area (Å²) in [6.45, 7) is 9.34. The standard InChI is InChI=1S/C31H41NO9/c1-20(2)11-15-28(33)40-26-14-13-23(18-27(26)41-29(34)16-12-21(3)4)17-25(32)30(35)38-22(5)19-37-31(36)39-24-9-7-6-8-10-24/h6-10,13-14,18,20-22,25H,11-12,15-17,19,32H2,1-5H3/t22-,25-/m0/s1. The van der Waals surface area contributed by atoms with Crippen LogP contribution in [-0.4, -0.2) is 42.8 Å². The molecule has 0 saturated heterocycles. The molecule has 0 aromatic heterocycles. The summed E-state index contributed by atoms with van der Waals surface area (Å²) < 4.78 is 26.3. The maximum Gasteiger partial charge on any atom is 0.513 e. The molecule has 0 aliphatic rings. The van der Waals surface area contributed by atoms with Gasteiger partial charge in [0.25, 0.3) is 0 Å². The molecular weight excluding hydrogens is 530 g/mol. The molecule has 2 atom stereocenters. The molecule has 0 amide bonds. The summed E-state index contributed by atoms with van der Waals surface area (Å²) in [5, 5.41) is 0. The molecule has 10 nitrogen and oxygen atoms in total. The van der Waals surface area contributed by atoms with Crippen molar-refractivity contribution in [2.24, 2.45) is 17.6 Å². The second-order valence-electron chi connectivity index (χ2n) is 10.6. The third-order valence-corrected chi connectivity index (χ3v) is 5.76. The van der Waals surface area contributed by atoms with Gasteiger partial charge in [0.05, 0.1) is 0 Å². The first-order valence-corrected chi connectivity index (χ1v) is 13.8. The largest absolute Gasteiger partial charge is 0.513 e. The van der Waals surface area contributed by atoms with Crippen molar-refractivity contribution in [3.8, 4) is 17.2 Å². The van der Waals surface area contributed by atoms with Gasteiger partial charge in [-0.15, -0.1) is 0 Å². The molecule has 10 heteroatoms. The molecule has 0 heterocycles.